The molecule has 1 aliphatic heterocycles. The molecule has 1 saturated heterocycles. The quantitative estimate of drug-likeness (QED) is 0.458. The minimum Gasteiger partial charge on any atom is -0.467 e. The van der Waals surface area contributed by atoms with E-state index in [-0.39, 0.29) is 23.5 Å². The molecule has 146 valence electrons. The van der Waals surface area contributed by atoms with Crippen molar-refractivity contribution < 1.29 is 13.6 Å². The first kappa shape index (κ1) is 19.1. The number of carbonyl (C=O) groups excluding carboxylic acids is 1. The third-order valence-corrected chi connectivity index (χ3v) is 5.45. The normalized spacial score (nSPS) is 18.2. The van der Waals surface area contributed by atoms with Crippen LogP contribution in [-0.2, 0) is 17.8 Å². The fourth-order valence-corrected chi connectivity index (χ4v) is 3.99. The van der Waals surface area contributed by atoms with Gasteiger partial charge in [-0.15, -0.1) is 5.10 Å². The Morgan fingerprint density at radius 2 is 2.07 bits per heavy atom. The topological polar surface area (TPSA) is 71.1 Å². The van der Waals surface area contributed by atoms with E-state index in [1.807, 2.05) is 18.2 Å². The molecule has 0 spiro atoms. The fraction of sp³-hybridized carbons (Fsp3) is 0.143. The predicted molar refractivity (Wildman–Crippen MR) is 110 cm³/mol. The Balaban J connectivity index is 1.54. The van der Waals surface area contributed by atoms with Crippen molar-refractivity contribution in [3.63, 3.8) is 0 Å². The standard InChI is InChI=1S/C21H17FN4O2S/c22-17-7-5-15(6-8-17)11-19-20(27)26(14-18-4-2-10-28-18)21(29-19)25-24-13-16-3-1-9-23-12-16/h1-10,12-13,19H,11,14H2/b24-13+,25-21+. The monoisotopic (exact) mass is 408 g/mol. The molecular weight excluding hydrogens is 391 g/mol. The molecule has 6 nitrogen and oxygen atoms in total. The summed E-state index contributed by atoms with van der Waals surface area (Å²) in [6.07, 6.45) is 6.98. The largest absolute Gasteiger partial charge is 0.467 e. The van der Waals surface area contributed by atoms with Crippen LogP contribution in [0.15, 0.2) is 81.8 Å². The zero-order chi connectivity index (χ0) is 20.1. The second kappa shape index (κ2) is 8.83. The average Bonchev–Trinajstić information content (AvgIpc) is 3.35. The molecule has 0 radical (unpaired) electrons. The van der Waals surface area contributed by atoms with Crippen molar-refractivity contribution in [1.29, 1.82) is 0 Å². The number of aromatic nitrogens is 1. The Labute approximate surface area is 171 Å². The van der Waals surface area contributed by atoms with Crippen molar-refractivity contribution in [3.8, 4) is 0 Å². The van der Waals surface area contributed by atoms with Crippen LogP contribution in [0.3, 0.4) is 0 Å². The highest BCUT2D eigenvalue weighted by Crippen LogP contribution is 2.31. The van der Waals surface area contributed by atoms with E-state index >= 15 is 0 Å². The maximum atomic E-state index is 13.2. The van der Waals surface area contributed by atoms with Crippen LogP contribution in [0.5, 0.6) is 0 Å². The number of benzene rings is 1. The molecule has 29 heavy (non-hydrogen) atoms. The maximum Gasteiger partial charge on any atom is 0.242 e. The molecule has 1 amide bonds. The number of hydrogen-bond acceptors (Lipinski definition) is 6. The Morgan fingerprint density at radius 3 is 2.79 bits per heavy atom. The Morgan fingerprint density at radius 1 is 1.21 bits per heavy atom. The Hall–Kier alpha value is -3.26. The summed E-state index contributed by atoms with van der Waals surface area (Å²) in [6, 6.07) is 13.4. The van der Waals surface area contributed by atoms with E-state index in [1.54, 1.807) is 48.0 Å². The highest BCUT2D eigenvalue weighted by molar-refractivity contribution is 8.15. The fourth-order valence-electron chi connectivity index (χ4n) is 2.85. The van der Waals surface area contributed by atoms with Gasteiger partial charge in [-0.25, -0.2) is 4.39 Å². The highest BCUT2D eigenvalue weighted by atomic mass is 32.2. The van der Waals surface area contributed by atoms with E-state index in [9.17, 15) is 9.18 Å². The molecule has 4 rings (SSSR count). The van der Waals surface area contributed by atoms with Gasteiger partial charge < -0.3 is 4.42 Å². The molecule has 0 saturated carbocycles. The van der Waals surface area contributed by atoms with Gasteiger partial charge in [0.2, 0.25) is 5.91 Å². The second-order valence-corrected chi connectivity index (χ2v) is 7.52. The molecule has 3 heterocycles. The lowest BCUT2D eigenvalue weighted by atomic mass is 10.1. The van der Waals surface area contributed by atoms with Crippen LogP contribution in [0.25, 0.3) is 0 Å². The van der Waals surface area contributed by atoms with Gasteiger partial charge in [0, 0.05) is 18.0 Å². The summed E-state index contributed by atoms with van der Waals surface area (Å²) < 4.78 is 18.5. The zero-order valence-corrected chi connectivity index (χ0v) is 16.1. The third kappa shape index (κ3) is 4.78. The van der Waals surface area contributed by atoms with Crippen LogP contribution < -0.4 is 0 Å². The lowest BCUT2D eigenvalue weighted by molar-refractivity contribution is -0.126. The molecule has 1 aromatic carbocycles. The first-order valence-electron chi connectivity index (χ1n) is 8.95. The summed E-state index contributed by atoms with van der Waals surface area (Å²) in [5.74, 6) is 0.280. The van der Waals surface area contributed by atoms with Crippen molar-refractivity contribution >= 4 is 29.1 Å². The molecule has 0 bridgehead atoms. The van der Waals surface area contributed by atoms with Gasteiger partial charge in [0.1, 0.15) is 11.6 Å². The maximum absolute atomic E-state index is 13.2. The van der Waals surface area contributed by atoms with Crippen LogP contribution in [0, 0.1) is 5.82 Å². The first-order valence-corrected chi connectivity index (χ1v) is 9.83. The molecule has 1 unspecified atom stereocenters. The van der Waals surface area contributed by atoms with Gasteiger partial charge in [0.15, 0.2) is 5.17 Å². The van der Waals surface area contributed by atoms with Gasteiger partial charge >= 0.3 is 0 Å². The average molecular weight is 408 g/mol. The van der Waals surface area contributed by atoms with Gasteiger partial charge in [-0.05, 0) is 42.3 Å². The predicted octanol–water partition coefficient (Wildman–Crippen LogP) is 3.89. The lowest BCUT2D eigenvalue weighted by Crippen LogP contribution is -2.32. The number of amides is 1. The van der Waals surface area contributed by atoms with Gasteiger partial charge in [-0.3, -0.25) is 14.7 Å². The van der Waals surface area contributed by atoms with Gasteiger partial charge in [-0.1, -0.05) is 30.0 Å². The number of amidine groups is 1. The minimum absolute atomic E-state index is 0.0777. The zero-order valence-electron chi connectivity index (χ0n) is 15.3. The number of furan rings is 1. The molecule has 3 aromatic rings. The summed E-state index contributed by atoms with van der Waals surface area (Å²) in [5, 5.41) is 8.52. The Kier molecular flexibility index (Phi) is 5.81. The van der Waals surface area contributed by atoms with Crippen molar-refractivity contribution in [1.82, 2.24) is 9.88 Å². The van der Waals surface area contributed by atoms with Crippen LogP contribution in [-0.4, -0.2) is 32.4 Å². The van der Waals surface area contributed by atoms with Gasteiger partial charge in [-0.2, -0.15) is 5.10 Å². The number of pyridine rings is 1. The van der Waals surface area contributed by atoms with Crippen molar-refractivity contribution in [3.05, 3.63) is 89.9 Å². The van der Waals surface area contributed by atoms with Crippen LogP contribution in [0.1, 0.15) is 16.9 Å². The van der Waals surface area contributed by atoms with Crippen LogP contribution in [0.4, 0.5) is 4.39 Å². The summed E-state index contributed by atoms with van der Waals surface area (Å²) in [6.45, 7) is 0.278. The number of halogens is 1. The molecule has 1 aliphatic rings. The Bertz CT molecular complexity index is 1020. The van der Waals surface area contributed by atoms with Crippen molar-refractivity contribution in [2.45, 2.75) is 18.2 Å². The van der Waals surface area contributed by atoms with E-state index in [4.69, 9.17) is 4.42 Å². The lowest BCUT2D eigenvalue weighted by Gasteiger charge is -2.14. The minimum atomic E-state index is -0.359. The van der Waals surface area contributed by atoms with Crippen LogP contribution >= 0.6 is 11.8 Å². The highest BCUT2D eigenvalue weighted by Gasteiger charge is 2.38. The number of hydrogen-bond donors (Lipinski definition) is 0. The van der Waals surface area contributed by atoms with E-state index in [0.717, 1.165) is 11.1 Å². The molecule has 0 aliphatic carbocycles. The molecule has 2 aromatic heterocycles. The smallest absolute Gasteiger partial charge is 0.242 e. The van der Waals surface area contributed by atoms with E-state index in [2.05, 4.69) is 15.2 Å². The van der Waals surface area contributed by atoms with E-state index < -0.39 is 0 Å². The second-order valence-electron chi connectivity index (χ2n) is 6.35. The van der Waals surface area contributed by atoms with Crippen molar-refractivity contribution in [2.24, 2.45) is 10.2 Å². The molecule has 1 fully saturated rings. The van der Waals surface area contributed by atoms with E-state index in [1.165, 1.54) is 23.9 Å². The van der Waals surface area contributed by atoms with Crippen molar-refractivity contribution in [2.75, 3.05) is 0 Å². The summed E-state index contributed by atoms with van der Waals surface area (Å²) >= 11 is 1.34. The summed E-state index contributed by atoms with van der Waals surface area (Å²) in [4.78, 5) is 18.6. The summed E-state index contributed by atoms with van der Waals surface area (Å²) in [7, 11) is 0. The molecule has 1 atom stereocenters. The van der Waals surface area contributed by atoms with Gasteiger partial charge in [0.25, 0.3) is 0 Å². The SMILES string of the molecule is O=C1C(Cc2ccc(F)cc2)S/C(=N/N=C/c2cccnc2)N1Cc1ccco1. The number of thioether (sulfide) groups is 1. The molecule has 0 N–H and O–H groups in total. The third-order valence-electron chi connectivity index (χ3n) is 4.28. The number of carbonyl (C=O) groups is 1. The van der Waals surface area contributed by atoms with E-state index in [0.29, 0.717) is 17.3 Å². The molecule has 8 heteroatoms. The van der Waals surface area contributed by atoms with Crippen LogP contribution in [0.2, 0.25) is 0 Å². The first-order chi connectivity index (χ1) is 14.2. The number of rotatable bonds is 6. The van der Waals surface area contributed by atoms with Gasteiger partial charge in [0.05, 0.1) is 24.3 Å². The summed E-state index contributed by atoms with van der Waals surface area (Å²) in [5.41, 5.74) is 1.70. The molecular formula is C21H17FN4O2S. The number of nitrogens with zero attached hydrogens (tertiary/aromatic N) is 4.